The number of hydrogen-bond acceptors (Lipinski definition) is 5. The van der Waals surface area contributed by atoms with E-state index in [1.807, 2.05) is 6.08 Å². The Bertz CT molecular complexity index is 1100. The molecule has 6 heteroatoms. The Balaban J connectivity index is 3.55. The van der Waals surface area contributed by atoms with Gasteiger partial charge in [0.2, 0.25) is 5.91 Å². The van der Waals surface area contributed by atoms with Crippen LogP contribution in [-0.2, 0) is 14.3 Å². The third-order valence-electron chi connectivity index (χ3n) is 12.8. The lowest BCUT2D eigenvalue weighted by molar-refractivity contribution is -0.143. The number of esters is 1. The maximum Gasteiger partial charge on any atom is 0.305 e. The van der Waals surface area contributed by atoms with Crippen molar-refractivity contribution in [1.29, 1.82) is 0 Å². The van der Waals surface area contributed by atoms with Crippen LogP contribution in [0.2, 0.25) is 0 Å². The topological polar surface area (TPSA) is 95.9 Å². The lowest BCUT2D eigenvalue weighted by atomic mass is 10.0. The molecule has 0 spiro atoms. The summed E-state index contributed by atoms with van der Waals surface area (Å²) in [5.74, 6) is -0.132. The van der Waals surface area contributed by atoms with Crippen molar-refractivity contribution in [1.82, 2.24) is 5.32 Å². The summed E-state index contributed by atoms with van der Waals surface area (Å²) in [5, 5.41) is 23.1. The fourth-order valence-corrected chi connectivity index (χ4v) is 8.42. The normalized spacial score (nSPS) is 13.0. The Hall–Kier alpha value is -2.18. The molecule has 0 aromatic heterocycles. The van der Waals surface area contributed by atoms with Crippen molar-refractivity contribution < 1.29 is 24.5 Å². The van der Waals surface area contributed by atoms with Gasteiger partial charge in [-0.3, -0.25) is 9.59 Å². The minimum absolute atomic E-state index is 0.0381. The van der Waals surface area contributed by atoms with E-state index >= 15 is 0 Å². The van der Waals surface area contributed by atoms with Crippen LogP contribution in [0.5, 0.6) is 0 Å². The molecule has 65 heavy (non-hydrogen) atoms. The van der Waals surface area contributed by atoms with Crippen LogP contribution in [0, 0.1) is 0 Å². The van der Waals surface area contributed by atoms with Gasteiger partial charge in [0.15, 0.2) is 0 Å². The van der Waals surface area contributed by atoms with Gasteiger partial charge >= 0.3 is 5.97 Å². The quantitative estimate of drug-likeness (QED) is 0.0321. The maximum atomic E-state index is 12.5. The number of aliphatic hydroxyl groups excluding tert-OH is 2. The molecule has 0 bridgehead atoms. The number of amides is 1. The first kappa shape index (κ1) is 62.8. The zero-order valence-electron chi connectivity index (χ0n) is 43.2. The summed E-state index contributed by atoms with van der Waals surface area (Å²) < 4.78 is 5.44. The smallest absolute Gasteiger partial charge is 0.305 e. The predicted octanol–water partition coefficient (Wildman–Crippen LogP) is 17.4. The van der Waals surface area contributed by atoms with Crippen LogP contribution in [0.3, 0.4) is 0 Å². The van der Waals surface area contributed by atoms with Gasteiger partial charge in [0.05, 0.1) is 25.4 Å². The van der Waals surface area contributed by atoms with Crippen molar-refractivity contribution in [3.63, 3.8) is 0 Å². The van der Waals surface area contributed by atoms with Crippen LogP contribution >= 0.6 is 0 Å². The first-order valence-electron chi connectivity index (χ1n) is 28.4. The zero-order valence-corrected chi connectivity index (χ0v) is 43.2. The molecule has 0 aliphatic heterocycles. The van der Waals surface area contributed by atoms with Gasteiger partial charge in [0.1, 0.15) is 0 Å². The number of allylic oxidation sites excluding steroid dienone is 7. The highest BCUT2D eigenvalue weighted by Crippen LogP contribution is 2.16. The first-order valence-corrected chi connectivity index (χ1v) is 28.4. The Morgan fingerprint density at radius 1 is 0.431 bits per heavy atom. The average Bonchev–Trinajstić information content (AvgIpc) is 3.31. The Labute approximate surface area is 404 Å². The van der Waals surface area contributed by atoms with Gasteiger partial charge in [-0.05, 0) is 96.3 Å². The van der Waals surface area contributed by atoms with Gasteiger partial charge in [-0.1, -0.05) is 229 Å². The number of carbonyl (C=O) groups excluding carboxylic acids is 2. The molecular formula is C59H109NO5. The molecule has 0 heterocycles. The van der Waals surface area contributed by atoms with Crippen LogP contribution in [0.1, 0.15) is 290 Å². The van der Waals surface area contributed by atoms with Crippen LogP contribution in [-0.4, -0.2) is 47.4 Å². The monoisotopic (exact) mass is 912 g/mol. The predicted molar refractivity (Wildman–Crippen MR) is 282 cm³/mol. The van der Waals surface area contributed by atoms with E-state index in [0.717, 1.165) is 103 Å². The Morgan fingerprint density at radius 3 is 1.20 bits per heavy atom. The fourth-order valence-electron chi connectivity index (χ4n) is 8.42. The van der Waals surface area contributed by atoms with Gasteiger partial charge in [-0.15, -0.1) is 0 Å². The third kappa shape index (κ3) is 51.1. The molecule has 0 aliphatic carbocycles. The van der Waals surface area contributed by atoms with Crippen LogP contribution < -0.4 is 5.32 Å². The second-order valence-corrected chi connectivity index (χ2v) is 19.3. The molecule has 0 aromatic rings. The van der Waals surface area contributed by atoms with E-state index in [9.17, 15) is 19.8 Å². The summed E-state index contributed by atoms with van der Waals surface area (Å²) >= 11 is 0. The minimum Gasteiger partial charge on any atom is -0.466 e. The van der Waals surface area contributed by atoms with Gasteiger partial charge in [-0.2, -0.15) is 0 Å². The van der Waals surface area contributed by atoms with Crippen LogP contribution in [0.15, 0.2) is 48.6 Å². The summed E-state index contributed by atoms with van der Waals surface area (Å²) in [4.78, 5) is 24.5. The van der Waals surface area contributed by atoms with E-state index in [2.05, 4.69) is 55.6 Å². The summed E-state index contributed by atoms with van der Waals surface area (Å²) in [6.45, 7) is 4.82. The van der Waals surface area contributed by atoms with E-state index in [0.29, 0.717) is 19.4 Å². The molecule has 0 saturated heterocycles. The maximum absolute atomic E-state index is 12.5. The zero-order chi connectivity index (χ0) is 47.2. The number of unbranched alkanes of at least 4 members (excludes halogenated alkanes) is 35. The van der Waals surface area contributed by atoms with Crippen LogP contribution in [0.25, 0.3) is 0 Å². The molecule has 2 unspecified atom stereocenters. The van der Waals surface area contributed by atoms with E-state index in [4.69, 9.17) is 4.74 Å². The molecule has 3 N–H and O–H groups in total. The highest BCUT2D eigenvalue weighted by molar-refractivity contribution is 5.76. The second-order valence-electron chi connectivity index (χ2n) is 19.3. The fraction of sp³-hybridized carbons (Fsp3) is 0.831. The van der Waals surface area contributed by atoms with Crippen molar-refractivity contribution >= 4 is 11.9 Å². The average molecular weight is 913 g/mol. The minimum atomic E-state index is -0.863. The summed E-state index contributed by atoms with van der Waals surface area (Å²) in [5.41, 5.74) is 0. The van der Waals surface area contributed by atoms with Crippen molar-refractivity contribution in [3.8, 4) is 0 Å². The molecule has 1 amide bonds. The number of ether oxygens (including phenoxy) is 1. The molecule has 0 fully saturated rings. The highest BCUT2D eigenvalue weighted by Gasteiger charge is 2.18. The molecule has 6 nitrogen and oxygen atoms in total. The molecule has 0 radical (unpaired) electrons. The first-order chi connectivity index (χ1) is 32.0. The van der Waals surface area contributed by atoms with Gasteiger partial charge in [-0.25, -0.2) is 0 Å². The lowest BCUT2D eigenvalue weighted by Crippen LogP contribution is -2.45. The van der Waals surface area contributed by atoms with E-state index in [-0.39, 0.29) is 18.5 Å². The molecule has 0 rings (SSSR count). The van der Waals surface area contributed by atoms with Crippen molar-refractivity contribution in [2.45, 2.75) is 302 Å². The Morgan fingerprint density at radius 2 is 0.769 bits per heavy atom. The lowest BCUT2D eigenvalue weighted by Gasteiger charge is -2.20. The SMILES string of the molecule is CCCCCC/C=C\C/C=C\CCCCCCCC(=O)OCCCCC/C=C\CCCCCCCC(=O)NC(CO)C(O)/C=C/CCCCCCCCCCCCCCCCCCCC. The van der Waals surface area contributed by atoms with Gasteiger partial charge < -0.3 is 20.3 Å². The number of rotatable bonds is 52. The molecule has 0 aromatic carbocycles. The van der Waals surface area contributed by atoms with E-state index in [1.165, 1.54) is 161 Å². The summed E-state index contributed by atoms with van der Waals surface area (Å²) in [6, 6.07) is -0.649. The van der Waals surface area contributed by atoms with Crippen LogP contribution in [0.4, 0.5) is 0 Å². The van der Waals surface area contributed by atoms with Crippen molar-refractivity contribution in [2.24, 2.45) is 0 Å². The molecule has 0 aliphatic rings. The largest absolute Gasteiger partial charge is 0.466 e. The van der Waals surface area contributed by atoms with Gasteiger partial charge in [0.25, 0.3) is 0 Å². The molecule has 2 atom stereocenters. The van der Waals surface area contributed by atoms with E-state index in [1.54, 1.807) is 6.08 Å². The second kappa shape index (κ2) is 54.4. The highest BCUT2D eigenvalue weighted by atomic mass is 16.5. The van der Waals surface area contributed by atoms with E-state index < -0.39 is 12.1 Å². The molecular weight excluding hydrogens is 803 g/mol. The van der Waals surface area contributed by atoms with Crippen molar-refractivity contribution in [2.75, 3.05) is 13.2 Å². The van der Waals surface area contributed by atoms with Crippen molar-refractivity contribution in [3.05, 3.63) is 48.6 Å². The Kier molecular flexibility index (Phi) is 52.6. The number of nitrogens with one attached hydrogen (secondary N) is 1. The van der Waals surface area contributed by atoms with Gasteiger partial charge in [0, 0.05) is 12.8 Å². The number of carbonyl (C=O) groups is 2. The molecule has 0 saturated carbocycles. The molecule has 380 valence electrons. The number of aliphatic hydroxyl groups is 2. The summed E-state index contributed by atoms with van der Waals surface area (Å²) in [7, 11) is 0. The standard InChI is InChI=1S/C59H109NO5/c1-3-5-7-9-11-13-15-17-19-21-22-23-24-25-27-31-35-39-43-47-51-57(62)56(55-61)60-58(63)52-48-44-40-36-32-29-30-34-38-42-46-50-54-65-59(64)53-49-45-41-37-33-28-26-20-18-16-14-12-10-8-6-4-2/h14,16,20,26,30,34,47,51,56-57,61-62H,3-13,15,17-19,21-25,27-29,31-33,35-46,48-50,52-55H2,1-2H3,(H,60,63)/b16-14-,26-20-,34-30-,51-47+. The number of hydrogen-bond donors (Lipinski definition) is 3. The summed E-state index contributed by atoms with van der Waals surface area (Å²) in [6.07, 6.45) is 68.4. The third-order valence-corrected chi connectivity index (χ3v) is 12.8.